The van der Waals surface area contributed by atoms with Crippen LogP contribution in [0.4, 0.5) is 19.0 Å². The van der Waals surface area contributed by atoms with Crippen LogP contribution in [-0.2, 0) is 22.5 Å². The lowest BCUT2D eigenvalue weighted by atomic mass is 10.2. The Kier molecular flexibility index (Phi) is 9.74. The molecule has 42 heavy (non-hydrogen) atoms. The summed E-state index contributed by atoms with van der Waals surface area (Å²) in [6, 6.07) is 0. The Bertz CT molecular complexity index is 1230. The first-order chi connectivity index (χ1) is 19.6. The number of carbonyl (C=O) groups is 1. The molecule has 0 radical (unpaired) electrons. The average Bonchev–Trinajstić information content (AvgIpc) is 3.49. The third-order valence-corrected chi connectivity index (χ3v) is 18.4. The predicted molar refractivity (Wildman–Crippen MR) is 155 cm³/mol. The molecule has 0 spiro atoms. The Balaban J connectivity index is 1.57. The van der Waals surface area contributed by atoms with Gasteiger partial charge in [0.15, 0.2) is 17.0 Å². The van der Waals surface area contributed by atoms with E-state index in [9.17, 15) is 18.0 Å². The molecule has 0 aliphatic carbocycles. The molecule has 2 fully saturated rings. The smallest absolute Gasteiger partial charge is 0.414 e. The van der Waals surface area contributed by atoms with Crippen LogP contribution >= 0.6 is 0 Å². The summed E-state index contributed by atoms with van der Waals surface area (Å²) in [5.74, 6) is -1.65. The summed E-state index contributed by atoms with van der Waals surface area (Å²) < 4.78 is 66.9. The van der Waals surface area contributed by atoms with Crippen molar-refractivity contribution in [3.8, 4) is 0 Å². The Hall–Kier alpha value is -2.12. The van der Waals surface area contributed by atoms with Gasteiger partial charge in [-0.15, -0.1) is 0 Å². The van der Waals surface area contributed by atoms with Crippen molar-refractivity contribution in [3.63, 3.8) is 0 Å². The minimum Gasteiger partial charge on any atom is -0.414 e. The van der Waals surface area contributed by atoms with Gasteiger partial charge < -0.3 is 28.3 Å². The number of imidazole rings is 1. The van der Waals surface area contributed by atoms with E-state index in [0.29, 0.717) is 30.0 Å². The topological polar surface area (TPSA) is 122 Å². The van der Waals surface area contributed by atoms with Gasteiger partial charge >= 0.3 is 29.2 Å². The molecule has 16 heteroatoms. The molecule has 11 nitrogen and oxygen atoms in total. The average molecular weight is 633 g/mol. The minimum atomic E-state index is -4.93. The summed E-state index contributed by atoms with van der Waals surface area (Å²) >= 11 is 0. The highest BCUT2D eigenvalue weighted by Gasteiger charge is 2.60. The van der Waals surface area contributed by atoms with E-state index in [1.165, 1.54) is 6.33 Å². The van der Waals surface area contributed by atoms with Crippen LogP contribution in [0.3, 0.4) is 0 Å². The number of halogens is 3. The fourth-order valence-electron chi connectivity index (χ4n) is 5.96. The lowest BCUT2D eigenvalue weighted by molar-refractivity contribution is -0.173. The Morgan fingerprint density at radius 1 is 0.976 bits per heavy atom. The summed E-state index contributed by atoms with van der Waals surface area (Å²) in [7, 11) is -5.48. The van der Waals surface area contributed by atoms with Gasteiger partial charge in [-0.25, -0.2) is 15.0 Å². The van der Waals surface area contributed by atoms with E-state index in [1.807, 2.05) is 9.88 Å². The number of nitrogens with zero attached hydrogens (tertiary/aromatic N) is 4. The SMILES string of the molecule is CC(C)[Si]1(C(C)C)OC[C@H]2O[C@@H](n3cnc4c(NCCNC(=O)C(F)(F)F)ncnc43)C[C@@H]2O[Si](C(C)C)(C(C)C)O1. The van der Waals surface area contributed by atoms with Crippen molar-refractivity contribution in [2.24, 2.45) is 0 Å². The zero-order valence-electron chi connectivity index (χ0n) is 25.5. The normalized spacial score (nSPS) is 24.3. The molecule has 1 amide bonds. The first-order valence-electron chi connectivity index (χ1n) is 14.6. The van der Waals surface area contributed by atoms with Gasteiger partial charge in [-0.05, 0) is 22.2 Å². The third-order valence-electron chi connectivity index (χ3n) is 8.16. The maximum absolute atomic E-state index is 12.4. The van der Waals surface area contributed by atoms with Crippen LogP contribution < -0.4 is 10.6 Å². The quantitative estimate of drug-likeness (QED) is 0.285. The number of aromatic nitrogens is 4. The fourth-order valence-corrected chi connectivity index (χ4v) is 17.2. The third kappa shape index (κ3) is 6.24. The van der Waals surface area contributed by atoms with Gasteiger partial charge in [0, 0.05) is 19.5 Å². The minimum absolute atomic E-state index is 0.0184. The highest BCUT2D eigenvalue weighted by molar-refractivity contribution is 6.83. The monoisotopic (exact) mass is 632 g/mol. The van der Waals surface area contributed by atoms with Crippen LogP contribution in [-0.4, -0.2) is 80.6 Å². The van der Waals surface area contributed by atoms with E-state index in [1.54, 1.807) is 6.33 Å². The number of hydrogen-bond donors (Lipinski definition) is 2. The zero-order valence-corrected chi connectivity index (χ0v) is 27.5. The second-order valence-electron chi connectivity index (χ2n) is 12.2. The Morgan fingerprint density at radius 3 is 2.21 bits per heavy atom. The molecule has 0 saturated carbocycles. The largest absolute Gasteiger partial charge is 0.471 e. The molecule has 0 unspecified atom stereocenters. The maximum Gasteiger partial charge on any atom is 0.471 e. The van der Waals surface area contributed by atoms with E-state index in [0.717, 1.165) is 0 Å². The number of hydrogen-bond acceptors (Lipinski definition) is 9. The molecule has 0 bridgehead atoms. The molecule has 2 aromatic rings. The summed E-state index contributed by atoms with van der Waals surface area (Å²) in [4.78, 5) is 24.1. The maximum atomic E-state index is 12.4. The summed E-state index contributed by atoms with van der Waals surface area (Å²) in [6.45, 7) is 17.6. The van der Waals surface area contributed by atoms with E-state index >= 15 is 0 Å². The van der Waals surface area contributed by atoms with E-state index in [2.05, 4.69) is 75.7 Å². The molecule has 3 atom stereocenters. The van der Waals surface area contributed by atoms with Crippen molar-refractivity contribution in [2.75, 3.05) is 25.0 Å². The predicted octanol–water partition coefficient (Wildman–Crippen LogP) is 5.16. The lowest BCUT2D eigenvalue weighted by Crippen LogP contribution is -2.65. The molecule has 4 rings (SSSR count). The van der Waals surface area contributed by atoms with Crippen molar-refractivity contribution in [2.45, 2.75) is 109 Å². The van der Waals surface area contributed by atoms with Crippen LogP contribution in [0.25, 0.3) is 11.2 Å². The number of alkyl halides is 3. The van der Waals surface area contributed by atoms with Crippen LogP contribution in [0.5, 0.6) is 0 Å². The standard InChI is InChI=1S/C26H43F3N6O5Si2/c1-15(2)41(16(3)4)37-12-20-19(39-42(40-41,17(5)6)18(7)8)11-21(38-20)35-14-34-22-23(32-13-33-24(22)35)30-9-10-31-25(36)26(27,28)29/h13-21H,9-12H2,1-8H3,(H,31,36)(H,30,32,33)/t19-,20+,21+/m0/s1. The van der Waals surface area contributed by atoms with Crippen molar-refractivity contribution in [1.82, 2.24) is 24.8 Å². The molecule has 2 aliphatic rings. The number of ether oxygens (including phenoxy) is 1. The van der Waals surface area contributed by atoms with Gasteiger partial charge in [0.2, 0.25) is 0 Å². The second kappa shape index (κ2) is 12.5. The van der Waals surface area contributed by atoms with Gasteiger partial charge in [-0.2, -0.15) is 13.2 Å². The number of fused-ring (bicyclic) bond motifs is 2. The molecular formula is C26H43F3N6O5Si2. The van der Waals surface area contributed by atoms with Crippen LogP contribution in [0.2, 0.25) is 22.2 Å². The molecule has 2 aromatic heterocycles. The first kappa shape index (κ1) is 32.8. The molecule has 4 heterocycles. The van der Waals surface area contributed by atoms with Gasteiger partial charge in [0.1, 0.15) is 18.7 Å². The van der Waals surface area contributed by atoms with Crippen molar-refractivity contribution in [3.05, 3.63) is 12.7 Å². The van der Waals surface area contributed by atoms with E-state index in [-0.39, 0.29) is 47.5 Å². The van der Waals surface area contributed by atoms with Crippen LogP contribution in [0.1, 0.15) is 68.0 Å². The molecule has 0 aromatic carbocycles. The van der Waals surface area contributed by atoms with Crippen LogP contribution in [0, 0.1) is 0 Å². The van der Waals surface area contributed by atoms with E-state index in [4.69, 9.17) is 17.7 Å². The van der Waals surface area contributed by atoms with Crippen LogP contribution in [0.15, 0.2) is 12.7 Å². The van der Waals surface area contributed by atoms with Gasteiger partial charge in [0.25, 0.3) is 0 Å². The Morgan fingerprint density at radius 2 is 1.62 bits per heavy atom. The van der Waals surface area contributed by atoms with Gasteiger partial charge in [-0.3, -0.25) is 9.36 Å². The molecule has 2 N–H and O–H groups in total. The highest BCUT2D eigenvalue weighted by Crippen LogP contribution is 2.48. The summed E-state index contributed by atoms with van der Waals surface area (Å²) in [5, 5.41) is 4.76. The Labute approximate surface area is 246 Å². The molecule has 2 saturated heterocycles. The number of amides is 1. The number of carbonyl (C=O) groups excluding carboxylic acids is 1. The van der Waals surface area contributed by atoms with E-state index < -0.39 is 35.4 Å². The van der Waals surface area contributed by atoms with Crippen molar-refractivity contribution < 1.29 is 35.7 Å². The van der Waals surface area contributed by atoms with Crippen molar-refractivity contribution >= 4 is 40.0 Å². The molecular weight excluding hydrogens is 589 g/mol. The lowest BCUT2D eigenvalue weighted by Gasteiger charge is -2.51. The molecule has 2 aliphatic heterocycles. The first-order valence-corrected chi connectivity index (χ1v) is 18.5. The number of nitrogens with one attached hydrogen (secondary N) is 2. The van der Waals surface area contributed by atoms with Gasteiger partial charge in [-0.1, -0.05) is 55.4 Å². The number of anilines is 1. The fraction of sp³-hybridized carbons (Fsp3) is 0.769. The highest BCUT2D eigenvalue weighted by atomic mass is 28.5. The molecule has 236 valence electrons. The van der Waals surface area contributed by atoms with Gasteiger partial charge in [0.05, 0.1) is 19.0 Å². The summed E-state index contributed by atoms with van der Waals surface area (Å²) in [5.41, 5.74) is 1.78. The summed E-state index contributed by atoms with van der Waals surface area (Å²) in [6.07, 6.45) is -2.39. The second-order valence-corrected chi connectivity index (χ2v) is 21.1. The van der Waals surface area contributed by atoms with Crippen molar-refractivity contribution in [1.29, 1.82) is 0 Å². The number of rotatable bonds is 9. The zero-order chi connectivity index (χ0) is 31.0.